The van der Waals surface area contributed by atoms with Crippen LogP contribution >= 0.6 is 11.5 Å². The molecule has 1 aromatic rings. The molecule has 9 heteroatoms. The third kappa shape index (κ3) is 3.44. The number of carboxylic acids is 1. The Kier molecular flexibility index (Phi) is 4.48. The van der Waals surface area contributed by atoms with Gasteiger partial charge in [-0.15, -0.1) is 0 Å². The molecular formula is C14H18F3N3O2S. The van der Waals surface area contributed by atoms with Crippen molar-refractivity contribution in [3.63, 3.8) is 0 Å². The lowest BCUT2D eigenvalue weighted by atomic mass is 9.89. The van der Waals surface area contributed by atoms with E-state index in [4.69, 9.17) is 5.11 Å². The van der Waals surface area contributed by atoms with Gasteiger partial charge in [-0.3, -0.25) is 4.79 Å². The number of alkyl halides is 3. The third-order valence-electron chi connectivity index (χ3n) is 4.73. The topological polar surface area (TPSA) is 66.3 Å². The minimum atomic E-state index is -4.52. The lowest BCUT2D eigenvalue weighted by Crippen LogP contribution is -2.33. The van der Waals surface area contributed by atoms with Crippen molar-refractivity contribution in [3.05, 3.63) is 5.82 Å². The molecule has 2 heterocycles. The van der Waals surface area contributed by atoms with E-state index in [0.29, 0.717) is 11.0 Å². The summed E-state index contributed by atoms with van der Waals surface area (Å²) in [6.45, 7) is -0.529. The standard InChI is InChI=1S/C14H18F3N3O2S/c15-14(16,17)10-7-20(6-9(10)12(21)22)13-18-11(19-23-13)8-4-2-1-3-5-8/h8-10H,1-7H2,(H,21,22)/t9-,10-/m1/s1. The zero-order valence-electron chi connectivity index (χ0n) is 12.4. The zero-order chi connectivity index (χ0) is 16.6. The summed E-state index contributed by atoms with van der Waals surface area (Å²) >= 11 is 1.07. The highest BCUT2D eigenvalue weighted by Crippen LogP contribution is 2.40. The molecule has 0 bridgehead atoms. The second-order valence-electron chi connectivity index (χ2n) is 6.27. The first-order chi connectivity index (χ1) is 10.9. The summed E-state index contributed by atoms with van der Waals surface area (Å²) in [6, 6.07) is 0. The summed E-state index contributed by atoms with van der Waals surface area (Å²) in [5, 5.41) is 9.47. The van der Waals surface area contributed by atoms with Crippen molar-refractivity contribution in [2.75, 3.05) is 18.0 Å². The van der Waals surface area contributed by atoms with E-state index >= 15 is 0 Å². The van der Waals surface area contributed by atoms with Crippen LogP contribution in [0, 0.1) is 11.8 Å². The van der Waals surface area contributed by atoms with Gasteiger partial charge in [0.25, 0.3) is 0 Å². The second-order valence-corrected chi connectivity index (χ2v) is 7.00. The van der Waals surface area contributed by atoms with E-state index in [9.17, 15) is 18.0 Å². The van der Waals surface area contributed by atoms with Crippen LogP contribution in [0.4, 0.5) is 18.3 Å². The number of carboxylic acid groups (broad SMARTS) is 1. The highest BCUT2D eigenvalue weighted by atomic mass is 32.1. The summed E-state index contributed by atoms with van der Waals surface area (Å²) in [5.41, 5.74) is 0. The van der Waals surface area contributed by atoms with Crippen molar-refractivity contribution < 1.29 is 23.1 Å². The van der Waals surface area contributed by atoms with E-state index in [1.807, 2.05) is 0 Å². The Morgan fingerprint density at radius 1 is 1.22 bits per heavy atom. The number of anilines is 1. The lowest BCUT2D eigenvalue weighted by molar-refractivity contribution is -0.187. The first-order valence-corrected chi connectivity index (χ1v) is 8.51. The monoisotopic (exact) mass is 349 g/mol. The number of aromatic nitrogens is 2. The molecule has 0 unspecified atom stereocenters. The zero-order valence-corrected chi connectivity index (χ0v) is 13.2. The molecule has 1 aromatic heterocycles. The highest BCUT2D eigenvalue weighted by Gasteiger charge is 2.53. The average Bonchev–Trinajstić information content (AvgIpc) is 3.14. The molecule has 0 radical (unpaired) electrons. The Labute approximate surface area is 135 Å². The predicted molar refractivity (Wildman–Crippen MR) is 78.6 cm³/mol. The van der Waals surface area contributed by atoms with Crippen LogP contribution in [0.5, 0.6) is 0 Å². The fourth-order valence-electron chi connectivity index (χ4n) is 3.42. The van der Waals surface area contributed by atoms with Crippen molar-refractivity contribution in [1.82, 2.24) is 9.36 Å². The molecule has 5 nitrogen and oxygen atoms in total. The molecule has 0 aromatic carbocycles. The molecular weight excluding hydrogens is 331 g/mol. The quantitative estimate of drug-likeness (QED) is 0.907. The van der Waals surface area contributed by atoms with Gasteiger partial charge in [-0.1, -0.05) is 19.3 Å². The van der Waals surface area contributed by atoms with Gasteiger partial charge in [0.15, 0.2) is 0 Å². The molecule has 128 valence electrons. The summed E-state index contributed by atoms with van der Waals surface area (Å²) in [5.74, 6) is -3.73. The fourth-order valence-corrected chi connectivity index (χ4v) is 4.19. The van der Waals surface area contributed by atoms with Gasteiger partial charge in [0, 0.05) is 30.5 Å². The molecule has 1 N–H and O–H groups in total. The maximum atomic E-state index is 13.0. The summed E-state index contributed by atoms with van der Waals surface area (Å²) in [6.07, 6.45) is 0.959. The lowest BCUT2D eigenvalue weighted by Gasteiger charge is -2.19. The Morgan fingerprint density at radius 2 is 1.91 bits per heavy atom. The molecule has 0 spiro atoms. The van der Waals surface area contributed by atoms with E-state index in [0.717, 1.165) is 37.2 Å². The molecule has 0 amide bonds. The Bertz CT molecular complexity index is 572. The van der Waals surface area contributed by atoms with E-state index in [2.05, 4.69) is 9.36 Å². The van der Waals surface area contributed by atoms with Gasteiger partial charge in [0.05, 0.1) is 11.8 Å². The van der Waals surface area contributed by atoms with Gasteiger partial charge >= 0.3 is 12.1 Å². The first-order valence-electron chi connectivity index (χ1n) is 7.74. The molecule has 1 saturated carbocycles. The summed E-state index contributed by atoms with van der Waals surface area (Å²) < 4.78 is 43.4. The van der Waals surface area contributed by atoms with Crippen molar-refractivity contribution in [2.24, 2.45) is 11.8 Å². The van der Waals surface area contributed by atoms with Crippen molar-refractivity contribution in [3.8, 4) is 0 Å². The Balaban J connectivity index is 1.75. The van der Waals surface area contributed by atoms with Crippen molar-refractivity contribution >= 4 is 22.6 Å². The third-order valence-corrected chi connectivity index (χ3v) is 5.52. The van der Waals surface area contributed by atoms with Crippen molar-refractivity contribution in [2.45, 2.75) is 44.2 Å². The highest BCUT2D eigenvalue weighted by molar-refractivity contribution is 7.09. The normalized spacial score (nSPS) is 26.7. The van der Waals surface area contributed by atoms with E-state index in [1.165, 1.54) is 11.3 Å². The average molecular weight is 349 g/mol. The van der Waals surface area contributed by atoms with Crippen LogP contribution in [-0.2, 0) is 4.79 Å². The molecule has 1 saturated heterocycles. The van der Waals surface area contributed by atoms with E-state index in [-0.39, 0.29) is 19.0 Å². The van der Waals surface area contributed by atoms with Crippen LogP contribution in [-0.4, -0.2) is 39.7 Å². The summed E-state index contributed by atoms with van der Waals surface area (Å²) in [4.78, 5) is 16.9. The number of hydrogen-bond donors (Lipinski definition) is 1. The fraction of sp³-hybridized carbons (Fsp3) is 0.786. The minimum absolute atomic E-state index is 0.168. The molecule has 3 rings (SSSR count). The minimum Gasteiger partial charge on any atom is -0.481 e. The van der Waals surface area contributed by atoms with Gasteiger partial charge in [-0.2, -0.15) is 17.5 Å². The van der Waals surface area contributed by atoms with Crippen LogP contribution in [0.25, 0.3) is 0 Å². The Morgan fingerprint density at radius 3 is 2.48 bits per heavy atom. The smallest absolute Gasteiger partial charge is 0.394 e. The van der Waals surface area contributed by atoms with Crippen LogP contribution in [0.2, 0.25) is 0 Å². The van der Waals surface area contributed by atoms with Gasteiger partial charge in [-0.05, 0) is 12.8 Å². The molecule has 23 heavy (non-hydrogen) atoms. The summed E-state index contributed by atoms with van der Waals surface area (Å²) in [7, 11) is 0. The maximum absolute atomic E-state index is 13.0. The van der Waals surface area contributed by atoms with Crippen LogP contribution in [0.15, 0.2) is 0 Å². The molecule has 1 aliphatic heterocycles. The van der Waals surface area contributed by atoms with Gasteiger partial charge < -0.3 is 10.0 Å². The molecule has 2 atom stereocenters. The molecule has 1 aliphatic carbocycles. The van der Waals surface area contributed by atoms with E-state index < -0.39 is 24.0 Å². The van der Waals surface area contributed by atoms with Crippen LogP contribution in [0.1, 0.15) is 43.8 Å². The van der Waals surface area contributed by atoms with E-state index in [1.54, 1.807) is 0 Å². The Hall–Kier alpha value is -1.38. The predicted octanol–water partition coefficient (Wildman–Crippen LogP) is 3.29. The largest absolute Gasteiger partial charge is 0.481 e. The number of aliphatic carboxylic acids is 1. The molecule has 2 fully saturated rings. The second kappa shape index (κ2) is 6.26. The number of hydrogen-bond acceptors (Lipinski definition) is 5. The first kappa shape index (κ1) is 16.5. The maximum Gasteiger partial charge on any atom is 0.394 e. The number of nitrogens with zero attached hydrogens (tertiary/aromatic N) is 3. The van der Waals surface area contributed by atoms with Crippen molar-refractivity contribution in [1.29, 1.82) is 0 Å². The van der Waals surface area contributed by atoms with Gasteiger partial charge in [0.2, 0.25) is 5.13 Å². The number of rotatable bonds is 3. The van der Waals surface area contributed by atoms with Gasteiger partial charge in [0.1, 0.15) is 5.82 Å². The van der Waals surface area contributed by atoms with Gasteiger partial charge in [-0.25, -0.2) is 4.98 Å². The number of carbonyl (C=O) groups is 1. The van der Waals surface area contributed by atoms with Crippen LogP contribution < -0.4 is 4.90 Å². The van der Waals surface area contributed by atoms with Crippen LogP contribution in [0.3, 0.4) is 0 Å². The SMILES string of the molecule is O=C(O)[C@@H]1CN(c2nc(C3CCCCC3)ns2)C[C@H]1C(F)(F)F. The number of halogens is 3. The molecule has 2 aliphatic rings.